The maximum absolute atomic E-state index is 12.2. The zero-order valence-electron chi connectivity index (χ0n) is 18.3. The van der Waals surface area contributed by atoms with Crippen molar-refractivity contribution in [1.82, 2.24) is 20.2 Å². The van der Waals surface area contributed by atoms with Crippen molar-refractivity contribution in [3.8, 4) is 0 Å². The number of amides is 1. The molecule has 1 heterocycles. The highest BCUT2D eigenvalue weighted by Crippen LogP contribution is 2.24. The molecule has 0 atom stereocenters. The molecule has 34 heavy (non-hydrogen) atoms. The first-order chi connectivity index (χ1) is 16.6. The van der Waals surface area contributed by atoms with Crippen molar-refractivity contribution in [1.29, 1.82) is 0 Å². The Labute approximate surface area is 206 Å². The lowest BCUT2D eigenvalue weighted by Crippen LogP contribution is -2.20. The van der Waals surface area contributed by atoms with Gasteiger partial charge in [-0.2, -0.15) is 5.10 Å². The van der Waals surface area contributed by atoms with Crippen LogP contribution in [0, 0.1) is 0 Å². The minimum atomic E-state index is -0.237. The van der Waals surface area contributed by atoms with Crippen LogP contribution in [0.3, 0.4) is 0 Å². The Morgan fingerprint density at radius 1 is 1.09 bits per heavy atom. The summed E-state index contributed by atoms with van der Waals surface area (Å²) in [6.07, 6.45) is 3.35. The molecule has 7 nitrogen and oxygen atoms in total. The summed E-state index contributed by atoms with van der Waals surface area (Å²) in [6, 6.07) is 21.5. The van der Waals surface area contributed by atoms with Crippen molar-refractivity contribution in [3.63, 3.8) is 0 Å². The number of hydrazone groups is 1. The highest BCUT2D eigenvalue weighted by Gasteiger charge is 2.13. The van der Waals surface area contributed by atoms with Gasteiger partial charge in [0.2, 0.25) is 0 Å². The third-order valence-corrected chi connectivity index (χ3v) is 6.16. The molecule has 0 fully saturated rings. The van der Waals surface area contributed by atoms with Crippen LogP contribution in [0.4, 0.5) is 5.69 Å². The third-order valence-electron chi connectivity index (χ3n) is 4.94. The number of nitrogens with one attached hydrogen (secondary N) is 2. The fourth-order valence-electron chi connectivity index (χ4n) is 3.31. The molecule has 172 valence electrons. The Balaban J connectivity index is 1.36. The normalized spacial score (nSPS) is 11.1. The quantitative estimate of drug-likeness (QED) is 0.139. The molecule has 0 radical (unpaired) electrons. The summed E-state index contributed by atoms with van der Waals surface area (Å²) in [4.78, 5) is 12.2. The van der Waals surface area contributed by atoms with Gasteiger partial charge in [-0.15, -0.1) is 16.8 Å². The lowest BCUT2D eigenvalue weighted by molar-refractivity contribution is -0.118. The van der Waals surface area contributed by atoms with Gasteiger partial charge in [0.15, 0.2) is 11.0 Å². The number of fused-ring (bicyclic) bond motifs is 1. The van der Waals surface area contributed by atoms with E-state index in [0.29, 0.717) is 23.3 Å². The largest absolute Gasteiger partial charge is 0.377 e. The number of thioether (sulfide) groups is 1. The van der Waals surface area contributed by atoms with E-state index >= 15 is 0 Å². The molecule has 0 spiro atoms. The first kappa shape index (κ1) is 23.5. The smallest absolute Gasteiger partial charge is 0.250 e. The van der Waals surface area contributed by atoms with Crippen LogP contribution < -0.4 is 10.7 Å². The molecule has 2 N–H and O–H groups in total. The fourth-order valence-corrected chi connectivity index (χ4v) is 4.20. The van der Waals surface area contributed by atoms with Gasteiger partial charge in [0, 0.05) is 22.6 Å². The Morgan fingerprint density at radius 3 is 2.71 bits per heavy atom. The maximum atomic E-state index is 12.2. The summed E-state index contributed by atoms with van der Waals surface area (Å²) in [5.74, 6) is 0.680. The van der Waals surface area contributed by atoms with Crippen molar-refractivity contribution < 1.29 is 4.79 Å². The van der Waals surface area contributed by atoms with Gasteiger partial charge in [0.25, 0.3) is 5.91 Å². The van der Waals surface area contributed by atoms with Crippen molar-refractivity contribution in [2.24, 2.45) is 5.10 Å². The van der Waals surface area contributed by atoms with E-state index in [1.807, 2.05) is 41.0 Å². The third kappa shape index (κ3) is 6.03. The Bertz CT molecular complexity index is 1310. The minimum Gasteiger partial charge on any atom is -0.377 e. The van der Waals surface area contributed by atoms with Crippen molar-refractivity contribution in [3.05, 3.63) is 95.8 Å². The summed E-state index contributed by atoms with van der Waals surface area (Å²) >= 11 is 7.17. The van der Waals surface area contributed by atoms with E-state index in [0.717, 1.165) is 22.5 Å². The van der Waals surface area contributed by atoms with Crippen LogP contribution in [0.5, 0.6) is 0 Å². The second-order valence-corrected chi connectivity index (χ2v) is 8.69. The molecule has 1 aromatic heterocycles. The predicted molar refractivity (Wildman–Crippen MR) is 139 cm³/mol. The second kappa shape index (κ2) is 11.5. The van der Waals surface area contributed by atoms with E-state index in [1.165, 1.54) is 17.1 Å². The zero-order valence-corrected chi connectivity index (χ0v) is 19.9. The van der Waals surface area contributed by atoms with Gasteiger partial charge >= 0.3 is 0 Å². The standard InChI is InChI=1S/C25H23ClN6OS/c1-2-14-32-23(16-27-22-9-5-7-19-6-3-4-8-21(19)22)29-31-25(32)34-17-24(33)30-28-15-18-10-12-20(26)13-11-18/h2-13,15,27H,1,14,16-17H2,(H,30,33)/b28-15+. The number of halogens is 1. The first-order valence-electron chi connectivity index (χ1n) is 10.6. The Morgan fingerprint density at radius 2 is 1.88 bits per heavy atom. The molecule has 0 bridgehead atoms. The molecule has 0 unspecified atom stereocenters. The summed E-state index contributed by atoms with van der Waals surface area (Å²) in [6.45, 7) is 4.87. The van der Waals surface area contributed by atoms with Crippen LogP contribution in [0.25, 0.3) is 10.8 Å². The first-order valence-corrected chi connectivity index (χ1v) is 12.0. The summed E-state index contributed by atoms with van der Waals surface area (Å²) in [5.41, 5.74) is 4.39. The van der Waals surface area contributed by atoms with Gasteiger partial charge in [-0.25, -0.2) is 5.43 Å². The van der Waals surface area contributed by atoms with Crippen LogP contribution in [0.1, 0.15) is 11.4 Å². The monoisotopic (exact) mass is 490 g/mol. The number of hydrogen-bond donors (Lipinski definition) is 2. The highest BCUT2D eigenvalue weighted by molar-refractivity contribution is 7.99. The molecule has 1 amide bonds. The maximum Gasteiger partial charge on any atom is 0.250 e. The number of aromatic nitrogens is 3. The SMILES string of the molecule is C=CCn1c(CNc2cccc3ccccc23)nnc1SCC(=O)N/N=C/c1ccc(Cl)cc1. The minimum absolute atomic E-state index is 0.157. The van der Waals surface area contributed by atoms with E-state index in [9.17, 15) is 4.79 Å². The Kier molecular flexibility index (Phi) is 7.95. The van der Waals surface area contributed by atoms with Crippen molar-refractivity contribution in [2.75, 3.05) is 11.1 Å². The van der Waals surface area contributed by atoms with E-state index in [1.54, 1.807) is 24.4 Å². The van der Waals surface area contributed by atoms with Gasteiger partial charge in [-0.05, 0) is 29.1 Å². The van der Waals surface area contributed by atoms with Gasteiger partial charge in [-0.3, -0.25) is 4.79 Å². The highest BCUT2D eigenvalue weighted by atomic mass is 35.5. The van der Waals surface area contributed by atoms with Gasteiger partial charge < -0.3 is 9.88 Å². The molecule has 0 saturated heterocycles. The molecular formula is C25H23ClN6OS. The van der Waals surface area contributed by atoms with Crippen LogP contribution in [0.2, 0.25) is 5.02 Å². The van der Waals surface area contributed by atoms with Crippen LogP contribution >= 0.6 is 23.4 Å². The number of carbonyl (C=O) groups is 1. The lowest BCUT2D eigenvalue weighted by Gasteiger charge is -2.11. The van der Waals surface area contributed by atoms with E-state index in [4.69, 9.17) is 11.6 Å². The molecule has 0 saturated carbocycles. The molecule has 0 aliphatic carbocycles. The number of nitrogens with zero attached hydrogens (tertiary/aromatic N) is 4. The van der Waals surface area contributed by atoms with Crippen molar-refractivity contribution >= 4 is 51.9 Å². The summed E-state index contributed by atoms with van der Waals surface area (Å²) in [5, 5.41) is 19.6. The van der Waals surface area contributed by atoms with E-state index in [-0.39, 0.29) is 11.7 Å². The van der Waals surface area contributed by atoms with E-state index in [2.05, 4.69) is 50.8 Å². The Hall–Kier alpha value is -3.62. The number of hydrogen-bond acceptors (Lipinski definition) is 6. The van der Waals surface area contributed by atoms with Gasteiger partial charge in [-0.1, -0.05) is 78.0 Å². The predicted octanol–water partition coefficient (Wildman–Crippen LogP) is 5.13. The summed E-state index contributed by atoms with van der Waals surface area (Å²) in [7, 11) is 0. The average molecular weight is 491 g/mol. The molecule has 4 rings (SSSR count). The molecule has 4 aromatic rings. The van der Waals surface area contributed by atoms with E-state index < -0.39 is 0 Å². The van der Waals surface area contributed by atoms with Gasteiger partial charge in [0.05, 0.1) is 18.5 Å². The number of rotatable bonds is 10. The van der Waals surface area contributed by atoms with Crippen LogP contribution in [-0.2, 0) is 17.9 Å². The average Bonchev–Trinajstić information content (AvgIpc) is 3.24. The molecule has 9 heteroatoms. The number of anilines is 1. The molecule has 0 aliphatic rings. The van der Waals surface area contributed by atoms with Crippen LogP contribution in [0.15, 0.2) is 89.6 Å². The number of carbonyl (C=O) groups excluding carboxylic acids is 1. The number of allylic oxidation sites excluding steroid dienone is 1. The second-order valence-electron chi connectivity index (χ2n) is 7.31. The van der Waals surface area contributed by atoms with Crippen molar-refractivity contribution in [2.45, 2.75) is 18.2 Å². The molecule has 3 aromatic carbocycles. The number of benzene rings is 3. The zero-order chi connectivity index (χ0) is 23.8. The topological polar surface area (TPSA) is 84.2 Å². The molecular weight excluding hydrogens is 468 g/mol. The molecule has 0 aliphatic heterocycles. The lowest BCUT2D eigenvalue weighted by atomic mass is 10.1. The van der Waals surface area contributed by atoms with Gasteiger partial charge in [0.1, 0.15) is 0 Å². The fraction of sp³-hybridized carbons (Fsp3) is 0.120. The van der Waals surface area contributed by atoms with Crippen LogP contribution in [-0.4, -0.2) is 32.6 Å². The summed E-state index contributed by atoms with van der Waals surface area (Å²) < 4.78 is 1.94.